The largest absolute Gasteiger partial charge is 0.345 e. The molecule has 1 heterocycles. The lowest BCUT2D eigenvalue weighted by molar-refractivity contribution is -0.129. The van der Waals surface area contributed by atoms with Crippen molar-refractivity contribution < 1.29 is 4.79 Å². The van der Waals surface area contributed by atoms with Crippen LogP contribution in [0.2, 0.25) is 0 Å². The fourth-order valence-corrected chi connectivity index (χ4v) is 2.76. The molecule has 0 fully saturated rings. The molecule has 0 unspecified atom stereocenters. The first kappa shape index (κ1) is 14.1. The Morgan fingerprint density at radius 2 is 2.35 bits per heavy atom. The number of thiazole rings is 1. The highest BCUT2D eigenvalue weighted by Crippen LogP contribution is 2.15. The number of unbranched alkanes of at least 4 members (excludes halogenated alkanes) is 1. The van der Waals surface area contributed by atoms with Gasteiger partial charge in [0.1, 0.15) is 0 Å². The highest BCUT2D eigenvalue weighted by Gasteiger charge is 2.12. The molecule has 0 aromatic carbocycles. The van der Waals surface area contributed by atoms with Gasteiger partial charge in [-0.1, -0.05) is 6.08 Å². The quantitative estimate of drug-likeness (QED) is 0.490. The lowest BCUT2D eigenvalue weighted by atomic mass is 10.2. The number of aromatic amines is 1. The first-order valence-electron chi connectivity index (χ1n) is 5.58. The number of carbonyl (C=O) groups excluding carboxylic acids is 1. The third-order valence-electron chi connectivity index (χ3n) is 2.56. The molecule has 0 saturated carbocycles. The monoisotopic (exact) mass is 270 g/mol. The molecular formula is C12H18N2OS2. The number of rotatable bonds is 6. The number of carbonyl (C=O) groups is 1. The Morgan fingerprint density at radius 3 is 2.88 bits per heavy atom. The van der Waals surface area contributed by atoms with E-state index in [1.54, 1.807) is 4.90 Å². The van der Waals surface area contributed by atoms with Crippen molar-refractivity contribution in [1.82, 2.24) is 9.88 Å². The van der Waals surface area contributed by atoms with Crippen molar-refractivity contribution in [3.8, 4) is 0 Å². The van der Waals surface area contributed by atoms with Gasteiger partial charge in [0.2, 0.25) is 5.91 Å². The molecule has 5 heteroatoms. The standard InChI is InChI=1S/C12H18N2OS2/c1-4-5-6-7-14(3)11(15)8-10-9(2)13-12(16)17-10/h4H,1,5-8H2,2-3H3,(H,13,16). The van der Waals surface area contributed by atoms with Crippen LogP contribution in [-0.4, -0.2) is 29.4 Å². The highest BCUT2D eigenvalue weighted by atomic mass is 32.1. The zero-order valence-electron chi connectivity index (χ0n) is 10.3. The summed E-state index contributed by atoms with van der Waals surface area (Å²) in [5, 5.41) is 0. The summed E-state index contributed by atoms with van der Waals surface area (Å²) in [6, 6.07) is 0. The molecule has 1 aromatic rings. The normalized spacial score (nSPS) is 10.2. The lowest BCUT2D eigenvalue weighted by Gasteiger charge is -2.16. The Hall–Kier alpha value is -0.940. The van der Waals surface area contributed by atoms with Crippen LogP contribution in [-0.2, 0) is 11.2 Å². The minimum absolute atomic E-state index is 0.141. The number of hydrogen-bond acceptors (Lipinski definition) is 3. The maximum Gasteiger partial charge on any atom is 0.227 e. The van der Waals surface area contributed by atoms with Crippen molar-refractivity contribution in [2.75, 3.05) is 13.6 Å². The molecule has 1 aromatic heterocycles. The SMILES string of the molecule is C=CCCCN(C)C(=O)Cc1sc(=S)[nH]c1C. The molecule has 0 aliphatic carbocycles. The minimum atomic E-state index is 0.141. The van der Waals surface area contributed by atoms with E-state index in [4.69, 9.17) is 12.2 Å². The van der Waals surface area contributed by atoms with Crippen molar-refractivity contribution in [3.63, 3.8) is 0 Å². The van der Waals surface area contributed by atoms with E-state index in [1.807, 2.05) is 20.0 Å². The number of hydrogen-bond donors (Lipinski definition) is 1. The van der Waals surface area contributed by atoms with Crippen LogP contribution in [0.15, 0.2) is 12.7 Å². The first-order valence-corrected chi connectivity index (χ1v) is 6.80. The van der Waals surface area contributed by atoms with E-state index >= 15 is 0 Å². The summed E-state index contributed by atoms with van der Waals surface area (Å²) in [4.78, 5) is 17.8. The molecule has 0 spiro atoms. The van der Waals surface area contributed by atoms with Crippen LogP contribution in [0, 0.1) is 10.9 Å². The zero-order valence-corrected chi connectivity index (χ0v) is 11.9. The van der Waals surface area contributed by atoms with Gasteiger partial charge in [-0.2, -0.15) is 0 Å². The Balaban J connectivity index is 2.51. The van der Waals surface area contributed by atoms with Gasteiger partial charge in [0.05, 0.1) is 6.42 Å². The predicted molar refractivity (Wildman–Crippen MR) is 75.0 cm³/mol. The van der Waals surface area contributed by atoms with E-state index in [9.17, 15) is 4.79 Å². The molecular weight excluding hydrogens is 252 g/mol. The van der Waals surface area contributed by atoms with Crippen molar-refractivity contribution in [3.05, 3.63) is 27.2 Å². The van der Waals surface area contributed by atoms with Crippen molar-refractivity contribution >= 4 is 29.5 Å². The number of likely N-dealkylation sites (N-methyl/N-ethyl adjacent to an activating group) is 1. The van der Waals surface area contributed by atoms with Gasteiger partial charge in [-0.3, -0.25) is 4.79 Å². The van der Waals surface area contributed by atoms with E-state index in [0.717, 1.165) is 33.9 Å². The molecule has 94 valence electrons. The van der Waals surface area contributed by atoms with E-state index < -0.39 is 0 Å². The van der Waals surface area contributed by atoms with Crippen LogP contribution in [0.3, 0.4) is 0 Å². The third-order valence-corrected chi connectivity index (χ3v) is 3.90. The van der Waals surface area contributed by atoms with Gasteiger partial charge in [-0.05, 0) is 32.0 Å². The number of allylic oxidation sites excluding steroid dienone is 1. The summed E-state index contributed by atoms with van der Waals surface area (Å²) >= 11 is 6.54. The van der Waals surface area contributed by atoms with Crippen molar-refractivity contribution in [2.24, 2.45) is 0 Å². The van der Waals surface area contributed by atoms with Crippen LogP contribution in [0.25, 0.3) is 0 Å². The molecule has 17 heavy (non-hydrogen) atoms. The Bertz CT molecular complexity index is 448. The Morgan fingerprint density at radius 1 is 1.65 bits per heavy atom. The van der Waals surface area contributed by atoms with Gasteiger partial charge in [0, 0.05) is 24.2 Å². The van der Waals surface area contributed by atoms with E-state index in [1.165, 1.54) is 11.3 Å². The van der Waals surface area contributed by atoms with E-state index in [2.05, 4.69) is 11.6 Å². The molecule has 1 rings (SSSR count). The minimum Gasteiger partial charge on any atom is -0.345 e. The Kier molecular flexibility index (Phi) is 5.58. The third kappa shape index (κ3) is 4.44. The Labute approximate surface area is 111 Å². The van der Waals surface area contributed by atoms with Gasteiger partial charge in [-0.15, -0.1) is 17.9 Å². The molecule has 1 N–H and O–H groups in total. The highest BCUT2D eigenvalue weighted by molar-refractivity contribution is 7.73. The second-order valence-electron chi connectivity index (χ2n) is 3.99. The van der Waals surface area contributed by atoms with Crippen molar-refractivity contribution in [2.45, 2.75) is 26.2 Å². The van der Waals surface area contributed by atoms with Gasteiger partial charge >= 0.3 is 0 Å². The van der Waals surface area contributed by atoms with Crippen LogP contribution in [0.5, 0.6) is 0 Å². The smallest absolute Gasteiger partial charge is 0.227 e. The maximum absolute atomic E-state index is 11.9. The zero-order chi connectivity index (χ0) is 12.8. The van der Waals surface area contributed by atoms with Gasteiger partial charge < -0.3 is 9.88 Å². The molecule has 0 aliphatic heterocycles. The van der Waals surface area contributed by atoms with Gasteiger partial charge in [0.25, 0.3) is 0 Å². The van der Waals surface area contributed by atoms with Gasteiger partial charge in [0.15, 0.2) is 3.95 Å². The summed E-state index contributed by atoms with van der Waals surface area (Å²) < 4.78 is 0.736. The number of H-pyrrole nitrogens is 1. The lowest BCUT2D eigenvalue weighted by Crippen LogP contribution is -2.29. The molecule has 0 radical (unpaired) electrons. The number of amides is 1. The molecule has 0 saturated heterocycles. The number of aryl methyl sites for hydroxylation is 1. The number of aromatic nitrogens is 1. The fraction of sp³-hybridized carbons (Fsp3) is 0.500. The van der Waals surface area contributed by atoms with Gasteiger partial charge in [-0.25, -0.2) is 0 Å². The van der Waals surface area contributed by atoms with Crippen LogP contribution in [0.1, 0.15) is 23.4 Å². The summed E-state index contributed by atoms with van der Waals surface area (Å²) in [5.41, 5.74) is 1.01. The molecule has 0 aliphatic rings. The average molecular weight is 270 g/mol. The second-order valence-corrected chi connectivity index (χ2v) is 5.76. The molecule has 0 bridgehead atoms. The summed E-state index contributed by atoms with van der Waals surface area (Å²) in [7, 11) is 1.84. The summed E-state index contributed by atoms with van der Waals surface area (Å²) in [6.45, 7) is 6.40. The fourth-order valence-electron chi connectivity index (χ4n) is 1.48. The molecule has 1 amide bonds. The van der Waals surface area contributed by atoms with Crippen LogP contribution < -0.4 is 0 Å². The van der Waals surface area contributed by atoms with E-state index in [0.29, 0.717) is 6.42 Å². The first-order chi connectivity index (χ1) is 8.04. The van der Waals surface area contributed by atoms with Crippen molar-refractivity contribution in [1.29, 1.82) is 0 Å². The van der Waals surface area contributed by atoms with Crippen LogP contribution in [0.4, 0.5) is 0 Å². The maximum atomic E-state index is 11.9. The average Bonchev–Trinajstić information content (AvgIpc) is 2.57. The number of nitrogens with one attached hydrogen (secondary N) is 1. The second kappa shape index (κ2) is 6.71. The summed E-state index contributed by atoms with van der Waals surface area (Å²) in [5.74, 6) is 0.141. The summed E-state index contributed by atoms with van der Waals surface area (Å²) in [6.07, 6.45) is 4.22. The predicted octanol–water partition coefficient (Wildman–Crippen LogP) is 3.08. The topological polar surface area (TPSA) is 36.1 Å². The number of nitrogens with zero attached hydrogens (tertiary/aromatic N) is 1. The van der Waals surface area contributed by atoms with Crippen LogP contribution >= 0.6 is 23.6 Å². The molecule has 3 nitrogen and oxygen atoms in total. The van der Waals surface area contributed by atoms with E-state index in [-0.39, 0.29) is 5.91 Å². The molecule has 0 atom stereocenters.